The highest BCUT2D eigenvalue weighted by Gasteiger charge is 2.36. The number of hydrogen-bond donors (Lipinski definition) is 1. The van der Waals surface area contributed by atoms with Gasteiger partial charge >= 0.3 is 0 Å². The number of nitrogens with zero attached hydrogens (tertiary/aromatic N) is 1. The second kappa shape index (κ2) is 5.56. The molecule has 0 spiro atoms. The lowest BCUT2D eigenvalue weighted by atomic mass is 10.1. The first-order valence-corrected chi connectivity index (χ1v) is 6.44. The van der Waals surface area contributed by atoms with E-state index in [0.717, 1.165) is 12.1 Å². The highest BCUT2D eigenvalue weighted by Crippen LogP contribution is 2.28. The van der Waals surface area contributed by atoms with Crippen LogP contribution in [0.2, 0.25) is 0 Å². The topological polar surface area (TPSA) is 49.4 Å². The Labute approximate surface area is 115 Å². The molecule has 0 saturated carbocycles. The normalized spacial score (nSPS) is 18.8. The van der Waals surface area contributed by atoms with Crippen molar-refractivity contribution in [2.45, 2.75) is 26.3 Å². The maximum Gasteiger partial charge on any atom is 0.227 e. The molecule has 0 bridgehead atoms. The molecule has 1 aliphatic rings. The Morgan fingerprint density at radius 3 is 2.70 bits per heavy atom. The van der Waals surface area contributed by atoms with Crippen LogP contribution in [0.1, 0.15) is 20.3 Å². The predicted molar refractivity (Wildman–Crippen MR) is 70.1 cm³/mol. The zero-order valence-corrected chi connectivity index (χ0v) is 11.3. The zero-order chi connectivity index (χ0) is 14.9. The van der Waals surface area contributed by atoms with Crippen molar-refractivity contribution in [2.24, 2.45) is 5.92 Å². The summed E-state index contributed by atoms with van der Waals surface area (Å²) < 4.78 is 26.6. The number of anilines is 1. The molecule has 0 aromatic heterocycles. The molecule has 2 rings (SSSR count). The summed E-state index contributed by atoms with van der Waals surface area (Å²) in [5, 5.41) is 2.73. The Morgan fingerprint density at radius 1 is 1.40 bits per heavy atom. The number of nitrogens with one attached hydrogen (secondary N) is 1. The van der Waals surface area contributed by atoms with Crippen molar-refractivity contribution in [3.05, 3.63) is 29.8 Å². The van der Waals surface area contributed by atoms with Crippen LogP contribution in [0, 0.1) is 17.6 Å². The Kier molecular flexibility index (Phi) is 4.01. The van der Waals surface area contributed by atoms with Crippen molar-refractivity contribution in [3.8, 4) is 0 Å². The van der Waals surface area contributed by atoms with Crippen molar-refractivity contribution in [2.75, 3.05) is 11.4 Å². The van der Waals surface area contributed by atoms with Crippen molar-refractivity contribution in [1.29, 1.82) is 0 Å². The molecular formula is C14H16F2N2O2. The highest BCUT2D eigenvalue weighted by molar-refractivity contribution is 6.00. The SMILES string of the molecule is CC(C)NC(=O)[C@@H]1CC(=O)N(c2ccc(F)cc2F)C1. The lowest BCUT2D eigenvalue weighted by molar-refractivity contribution is -0.126. The van der Waals surface area contributed by atoms with Crippen LogP contribution in [0.25, 0.3) is 0 Å². The molecular weight excluding hydrogens is 266 g/mol. The summed E-state index contributed by atoms with van der Waals surface area (Å²) >= 11 is 0. The van der Waals surface area contributed by atoms with E-state index in [9.17, 15) is 18.4 Å². The monoisotopic (exact) mass is 282 g/mol. The van der Waals surface area contributed by atoms with Gasteiger partial charge in [0, 0.05) is 25.1 Å². The number of carbonyl (C=O) groups is 2. The lowest BCUT2D eigenvalue weighted by Crippen LogP contribution is -2.37. The molecule has 6 heteroatoms. The van der Waals surface area contributed by atoms with Gasteiger partial charge < -0.3 is 10.2 Å². The van der Waals surface area contributed by atoms with Gasteiger partial charge in [-0.2, -0.15) is 0 Å². The largest absolute Gasteiger partial charge is 0.354 e. The average Bonchev–Trinajstić information content (AvgIpc) is 2.70. The van der Waals surface area contributed by atoms with E-state index in [4.69, 9.17) is 0 Å². The molecule has 108 valence electrons. The number of rotatable bonds is 3. The van der Waals surface area contributed by atoms with Crippen molar-refractivity contribution < 1.29 is 18.4 Å². The van der Waals surface area contributed by atoms with Crippen LogP contribution in [0.5, 0.6) is 0 Å². The number of carbonyl (C=O) groups excluding carboxylic acids is 2. The van der Waals surface area contributed by atoms with Crippen LogP contribution in [-0.4, -0.2) is 24.4 Å². The fourth-order valence-corrected chi connectivity index (χ4v) is 2.22. The lowest BCUT2D eigenvalue weighted by Gasteiger charge is -2.18. The van der Waals surface area contributed by atoms with Gasteiger partial charge in [0.25, 0.3) is 0 Å². The minimum Gasteiger partial charge on any atom is -0.354 e. The van der Waals surface area contributed by atoms with Gasteiger partial charge in [-0.05, 0) is 26.0 Å². The second-order valence-electron chi connectivity index (χ2n) is 5.16. The first kappa shape index (κ1) is 14.4. The number of hydrogen-bond acceptors (Lipinski definition) is 2. The smallest absolute Gasteiger partial charge is 0.227 e. The maximum atomic E-state index is 13.7. The van der Waals surface area contributed by atoms with E-state index < -0.39 is 17.6 Å². The molecule has 20 heavy (non-hydrogen) atoms. The van der Waals surface area contributed by atoms with Crippen LogP contribution in [-0.2, 0) is 9.59 Å². The number of benzene rings is 1. The summed E-state index contributed by atoms with van der Waals surface area (Å²) in [5.74, 6) is -2.57. The van der Waals surface area contributed by atoms with Crippen LogP contribution in [0.4, 0.5) is 14.5 Å². The van der Waals surface area contributed by atoms with Gasteiger partial charge in [-0.25, -0.2) is 8.78 Å². The van der Waals surface area contributed by atoms with E-state index in [1.165, 1.54) is 11.0 Å². The fraction of sp³-hybridized carbons (Fsp3) is 0.429. The molecule has 0 radical (unpaired) electrons. The molecule has 0 unspecified atom stereocenters. The molecule has 1 saturated heterocycles. The quantitative estimate of drug-likeness (QED) is 0.919. The minimum absolute atomic E-state index is 0.0104. The molecule has 2 amide bonds. The minimum atomic E-state index is -0.803. The van der Waals surface area contributed by atoms with Crippen molar-refractivity contribution in [1.82, 2.24) is 5.32 Å². The van der Waals surface area contributed by atoms with Gasteiger partial charge in [0.05, 0.1) is 11.6 Å². The van der Waals surface area contributed by atoms with E-state index in [-0.39, 0.29) is 36.5 Å². The summed E-state index contributed by atoms with van der Waals surface area (Å²) in [6.45, 7) is 3.76. The second-order valence-corrected chi connectivity index (χ2v) is 5.16. The predicted octanol–water partition coefficient (Wildman–Crippen LogP) is 1.84. The van der Waals surface area contributed by atoms with E-state index in [0.29, 0.717) is 0 Å². The van der Waals surface area contributed by atoms with Gasteiger partial charge in [-0.3, -0.25) is 9.59 Å². The van der Waals surface area contributed by atoms with Gasteiger partial charge in [0.1, 0.15) is 11.6 Å². The summed E-state index contributed by atoms with van der Waals surface area (Å²) in [5.41, 5.74) is 0.0104. The van der Waals surface area contributed by atoms with Crippen LogP contribution < -0.4 is 10.2 Å². The summed E-state index contributed by atoms with van der Waals surface area (Å²) in [7, 11) is 0. The van der Waals surface area contributed by atoms with Crippen LogP contribution in [0.15, 0.2) is 18.2 Å². The third-order valence-electron chi connectivity index (χ3n) is 3.13. The maximum absolute atomic E-state index is 13.7. The molecule has 1 heterocycles. The van der Waals surface area contributed by atoms with Crippen LogP contribution >= 0.6 is 0 Å². The first-order chi connectivity index (χ1) is 9.38. The third kappa shape index (κ3) is 2.95. The molecule has 1 N–H and O–H groups in total. The van der Waals surface area contributed by atoms with E-state index in [2.05, 4.69) is 5.32 Å². The van der Waals surface area contributed by atoms with Crippen molar-refractivity contribution >= 4 is 17.5 Å². The number of amides is 2. The molecule has 0 aliphatic carbocycles. The molecule has 1 aromatic carbocycles. The van der Waals surface area contributed by atoms with Gasteiger partial charge in [-0.15, -0.1) is 0 Å². The summed E-state index contributed by atoms with van der Waals surface area (Å²) in [6, 6.07) is 3.01. The zero-order valence-electron chi connectivity index (χ0n) is 11.3. The Morgan fingerprint density at radius 2 is 2.10 bits per heavy atom. The molecule has 1 aliphatic heterocycles. The molecule has 1 fully saturated rings. The Balaban J connectivity index is 2.15. The van der Waals surface area contributed by atoms with Gasteiger partial charge in [-0.1, -0.05) is 0 Å². The number of halogens is 2. The average molecular weight is 282 g/mol. The summed E-state index contributed by atoms with van der Waals surface area (Å²) in [6.07, 6.45) is 0.0371. The molecule has 1 atom stereocenters. The van der Waals surface area contributed by atoms with Gasteiger partial charge in [0.2, 0.25) is 11.8 Å². The van der Waals surface area contributed by atoms with Crippen molar-refractivity contribution in [3.63, 3.8) is 0 Å². The fourth-order valence-electron chi connectivity index (χ4n) is 2.22. The summed E-state index contributed by atoms with van der Waals surface area (Å²) in [4.78, 5) is 25.0. The standard InChI is InChI=1S/C14H16F2N2O2/c1-8(2)17-14(20)9-5-13(19)18(7-9)12-4-3-10(15)6-11(12)16/h3-4,6,8-9H,5,7H2,1-2H3,(H,17,20)/t9-/m1/s1. The third-order valence-corrected chi connectivity index (χ3v) is 3.13. The van der Waals surface area contributed by atoms with E-state index >= 15 is 0 Å². The van der Waals surface area contributed by atoms with E-state index in [1.807, 2.05) is 13.8 Å². The molecule has 1 aromatic rings. The Bertz CT molecular complexity index is 546. The van der Waals surface area contributed by atoms with Crippen LogP contribution in [0.3, 0.4) is 0 Å². The highest BCUT2D eigenvalue weighted by atomic mass is 19.1. The molecule has 4 nitrogen and oxygen atoms in total. The first-order valence-electron chi connectivity index (χ1n) is 6.44. The van der Waals surface area contributed by atoms with E-state index in [1.54, 1.807) is 0 Å². The van der Waals surface area contributed by atoms with Gasteiger partial charge in [0.15, 0.2) is 0 Å². The Hall–Kier alpha value is -1.98.